The van der Waals surface area contributed by atoms with Gasteiger partial charge in [-0.2, -0.15) is 0 Å². The highest BCUT2D eigenvalue weighted by atomic mass is 16.3. The van der Waals surface area contributed by atoms with Crippen molar-refractivity contribution < 1.29 is 10.2 Å². The number of aromatic hydroxyl groups is 2. The van der Waals surface area contributed by atoms with Crippen molar-refractivity contribution in [3.8, 4) is 11.5 Å². The first-order chi connectivity index (χ1) is 12.7. The second-order valence-corrected chi connectivity index (χ2v) is 6.91. The van der Waals surface area contributed by atoms with Crippen LogP contribution in [0.4, 0.5) is 0 Å². The first-order valence-electron chi connectivity index (χ1n) is 8.91. The Hall–Kier alpha value is -3.04. The van der Waals surface area contributed by atoms with E-state index in [2.05, 4.69) is 59.9 Å². The van der Waals surface area contributed by atoms with Crippen LogP contribution in [0.15, 0.2) is 66.7 Å². The minimum atomic E-state index is -0.0676. The van der Waals surface area contributed by atoms with Crippen molar-refractivity contribution in [2.24, 2.45) is 0 Å². The van der Waals surface area contributed by atoms with Gasteiger partial charge in [0.1, 0.15) is 0 Å². The summed E-state index contributed by atoms with van der Waals surface area (Å²) in [6.45, 7) is 0.833. The Kier molecular flexibility index (Phi) is 3.37. The second-order valence-electron chi connectivity index (χ2n) is 6.91. The number of fused-ring (bicyclic) bond motifs is 3. The highest BCUT2D eigenvalue weighted by Gasteiger charge is 2.26. The van der Waals surface area contributed by atoms with Crippen LogP contribution in [0, 0.1) is 0 Å². The molecule has 1 atom stereocenters. The molecular formula is C23H19NO2. The van der Waals surface area contributed by atoms with Crippen LogP contribution in [0.1, 0.15) is 22.7 Å². The van der Waals surface area contributed by atoms with Crippen molar-refractivity contribution in [1.29, 1.82) is 0 Å². The number of nitrogens with one attached hydrogen (secondary N) is 1. The van der Waals surface area contributed by atoms with Gasteiger partial charge in [-0.15, -0.1) is 0 Å². The first-order valence-corrected chi connectivity index (χ1v) is 8.91. The number of phenols is 2. The van der Waals surface area contributed by atoms with Gasteiger partial charge in [-0.25, -0.2) is 0 Å². The summed E-state index contributed by atoms with van der Waals surface area (Å²) in [6, 6.07) is 22.5. The lowest BCUT2D eigenvalue weighted by molar-refractivity contribution is 0.400. The second kappa shape index (κ2) is 5.75. The highest BCUT2D eigenvalue weighted by molar-refractivity contribution is 6.03. The molecule has 0 amide bonds. The van der Waals surface area contributed by atoms with Crippen molar-refractivity contribution in [1.82, 2.24) is 5.32 Å². The molecule has 0 fully saturated rings. The molecule has 1 aliphatic heterocycles. The van der Waals surface area contributed by atoms with E-state index < -0.39 is 0 Å². The van der Waals surface area contributed by atoms with E-state index in [0.717, 1.165) is 24.1 Å². The summed E-state index contributed by atoms with van der Waals surface area (Å²) in [5.74, 6) is -0.117. The van der Waals surface area contributed by atoms with E-state index in [9.17, 15) is 10.2 Å². The molecule has 5 rings (SSSR count). The summed E-state index contributed by atoms with van der Waals surface area (Å²) >= 11 is 0. The summed E-state index contributed by atoms with van der Waals surface area (Å²) < 4.78 is 0. The molecule has 0 saturated heterocycles. The quantitative estimate of drug-likeness (QED) is 0.349. The van der Waals surface area contributed by atoms with Crippen LogP contribution >= 0.6 is 0 Å². The fourth-order valence-electron chi connectivity index (χ4n) is 4.20. The molecule has 3 N–H and O–H groups in total. The molecule has 0 bridgehead atoms. The smallest absolute Gasteiger partial charge is 0.157 e. The molecule has 3 nitrogen and oxygen atoms in total. The Balaban J connectivity index is 1.86. The topological polar surface area (TPSA) is 52.5 Å². The molecule has 1 heterocycles. The molecular weight excluding hydrogens is 322 g/mol. The zero-order chi connectivity index (χ0) is 17.7. The normalized spacial score (nSPS) is 16.7. The maximum Gasteiger partial charge on any atom is 0.157 e. The number of phenolic OH excluding ortho intramolecular Hbond substituents is 2. The van der Waals surface area contributed by atoms with Crippen LogP contribution in [0.25, 0.3) is 21.5 Å². The Labute approximate surface area is 151 Å². The van der Waals surface area contributed by atoms with E-state index in [1.54, 1.807) is 12.1 Å². The highest BCUT2D eigenvalue weighted by Crippen LogP contribution is 2.41. The van der Waals surface area contributed by atoms with Crippen LogP contribution in [0.3, 0.4) is 0 Å². The number of hydrogen-bond donors (Lipinski definition) is 3. The summed E-state index contributed by atoms with van der Waals surface area (Å²) in [5.41, 5.74) is 3.35. The lowest BCUT2D eigenvalue weighted by atomic mass is 9.84. The van der Waals surface area contributed by atoms with E-state index in [1.165, 1.54) is 27.1 Å². The van der Waals surface area contributed by atoms with Gasteiger partial charge in [-0.1, -0.05) is 48.5 Å². The lowest BCUT2D eigenvalue weighted by Crippen LogP contribution is -2.30. The van der Waals surface area contributed by atoms with Gasteiger partial charge >= 0.3 is 0 Å². The van der Waals surface area contributed by atoms with Crippen LogP contribution in [-0.2, 0) is 6.42 Å². The Morgan fingerprint density at radius 3 is 2.08 bits per heavy atom. The number of rotatable bonds is 1. The molecule has 1 aliphatic rings. The van der Waals surface area contributed by atoms with Crippen LogP contribution in [-0.4, -0.2) is 16.8 Å². The zero-order valence-electron chi connectivity index (χ0n) is 14.2. The van der Waals surface area contributed by atoms with E-state index in [1.807, 2.05) is 0 Å². The summed E-state index contributed by atoms with van der Waals surface area (Å²) in [4.78, 5) is 0. The molecule has 0 aromatic heterocycles. The van der Waals surface area contributed by atoms with Crippen LogP contribution in [0.5, 0.6) is 11.5 Å². The third-order valence-corrected chi connectivity index (χ3v) is 5.39. The minimum absolute atomic E-state index is 0.0266. The Bertz CT molecular complexity index is 1100. The summed E-state index contributed by atoms with van der Waals surface area (Å²) in [5, 5.41) is 28.5. The average molecular weight is 341 g/mol. The van der Waals surface area contributed by atoms with Crippen molar-refractivity contribution in [2.75, 3.05) is 6.54 Å². The predicted octanol–water partition coefficient (Wildman–Crippen LogP) is 4.64. The largest absolute Gasteiger partial charge is 0.504 e. The molecule has 0 radical (unpaired) electrons. The van der Waals surface area contributed by atoms with Gasteiger partial charge in [0.2, 0.25) is 0 Å². The molecule has 0 aliphatic carbocycles. The van der Waals surface area contributed by atoms with Gasteiger partial charge in [-0.3, -0.25) is 0 Å². The SMILES string of the molecule is Oc1cc2c(cc1O)C(c1c3ccccc3cc3ccccc13)NCC2. The fraction of sp³-hybridized carbons (Fsp3) is 0.130. The molecule has 1 unspecified atom stereocenters. The maximum absolute atomic E-state index is 10.1. The van der Waals surface area contributed by atoms with Crippen LogP contribution < -0.4 is 5.32 Å². The minimum Gasteiger partial charge on any atom is -0.504 e. The average Bonchev–Trinajstić information content (AvgIpc) is 2.67. The zero-order valence-corrected chi connectivity index (χ0v) is 14.2. The first kappa shape index (κ1) is 15.2. The summed E-state index contributed by atoms with van der Waals surface area (Å²) in [6.07, 6.45) is 0.836. The van der Waals surface area contributed by atoms with E-state index in [0.29, 0.717) is 0 Å². The monoisotopic (exact) mass is 341 g/mol. The van der Waals surface area contributed by atoms with Gasteiger partial charge < -0.3 is 15.5 Å². The molecule has 0 saturated carbocycles. The molecule has 3 heteroatoms. The third kappa shape index (κ3) is 2.25. The Morgan fingerprint density at radius 2 is 1.38 bits per heavy atom. The van der Waals surface area contributed by atoms with E-state index in [-0.39, 0.29) is 17.5 Å². The summed E-state index contributed by atoms with van der Waals surface area (Å²) in [7, 11) is 0. The lowest BCUT2D eigenvalue weighted by Gasteiger charge is -2.29. The van der Waals surface area contributed by atoms with E-state index >= 15 is 0 Å². The Morgan fingerprint density at radius 1 is 0.769 bits per heavy atom. The van der Waals surface area contributed by atoms with Crippen molar-refractivity contribution in [3.63, 3.8) is 0 Å². The number of benzene rings is 4. The van der Waals surface area contributed by atoms with Gasteiger partial charge in [0.15, 0.2) is 11.5 Å². The fourth-order valence-corrected chi connectivity index (χ4v) is 4.20. The molecule has 26 heavy (non-hydrogen) atoms. The van der Waals surface area contributed by atoms with Gasteiger partial charge in [-0.05, 0) is 62.9 Å². The molecule has 0 spiro atoms. The maximum atomic E-state index is 10.1. The number of hydrogen-bond acceptors (Lipinski definition) is 3. The predicted molar refractivity (Wildman–Crippen MR) is 105 cm³/mol. The third-order valence-electron chi connectivity index (χ3n) is 5.39. The van der Waals surface area contributed by atoms with Gasteiger partial charge in [0, 0.05) is 6.54 Å². The molecule has 128 valence electrons. The van der Waals surface area contributed by atoms with Crippen molar-refractivity contribution in [3.05, 3.63) is 83.4 Å². The van der Waals surface area contributed by atoms with Crippen LogP contribution in [0.2, 0.25) is 0 Å². The molecule has 4 aromatic rings. The van der Waals surface area contributed by atoms with Crippen molar-refractivity contribution >= 4 is 21.5 Å². The van der Waals surface area contributed by atoms with Crippen molar-refractivity contribution in [2.45, 2.75) is 12.5 Å². The molecule has 4 aromatic carbocycles. The van der Waals surface area contributed by atoms with Gasteiger partial charge in [0.05, 0.1) is 6.04 Å². The standard InChI is InChI=1S/C23H19NO2/c25-20-12-16-9-10-24-23(19(16)13-21(20)26)22-17-7-3-1-5-14(17)11-15-6-2-4-8-18(15)22/h1-8,11-13,23-26H,9-10H2. The van der Waals surface area contributed by atoms with E-state index in [4.69, 9.17) is 0 Å². The van der Waals surface area contributed by atoms with Gasteiger partial charge in [0.25, 0.3) is 0 Å².